The van der Waals surface area contributed by atoms with Crippen molar-refractivity contribution in [2.45, 2.75) is 48.1 Å². The highest BCUT2D eigenvalue weighted by Crippen LogP contribution is 2.50. The standard InChI is InChI=1S/C24H26N4O7S/c1-24(2)18(23(34)35)28-21(33)17(22(28)36-24)27-20(32)16(12-5-9-14(30)10-6-12)26-19(31)15(25)11-3-7-13(29)8-4-11/h3-10,15-18,22,29-30H,25H2,1-2H3,(H,26,31)(H,27,32)(H,34,35)/t15-,16-,17-,18+,22-/m1/s1. The van der Waals surface area contributed by atoms with Gasteiger partial charge in [0.15, 0.2) is 0 Å². The van der Waals surface area contributed by atoms with E-state index in [1.54, 1.807) is 13.8 Å². The Morgan fingerprint density at radius 3 is 2.03 bits per heavy atom. The summed E-state index contributed by atoms with van der Waals surface area (Å²) in [6, 6.07) is 6.94. The number of carbonyl (C=O) groups is 4. The van der Waals surface area contributed by atoms with Crippen molar-refractivity contribution >= 4 is 35.5 Å². The van der Waals surface area contributed by atoms with Gasteiger partial charge in [0.05, 0.1) is 0 Å². The highest BCUT2D eigenvalue weighted by atomic mass is 32.2. The van der Waals surface area contributed by atoms with Crippen LogP contribution < -0.4 is 16.4 Å². The highest BCUT2D eigenvalue weighted by molar-refractivity contribution is 8.01. The smallest absolute Gasteiger partial charge is 0.327 e. The number of benzene rings is 2. The summed E-state index contributed by atoms with van der Waals surface area (Å²) in [5.74, 6) is -3.05. The molecule has 2 aliphatic heterocycles. The Bertz CT molecular complexity index is 1200. The Morgan fingerprint density at radius 1 is 0.972 bits per heavy atom. The van der Waals surface area contributed by atoms with Gasteiger partial charge in [0, 0.05) is 4.75 Å². The van der Waals surface area contributed by atoms with Crippen molar-refractivity contribution in [2.24, 2.45) is 5.73 Å². The van der Waals surface area contributed by atoms with E-state index >= 15 is 0 Å². The Morgan fingerprint density at radius 2 is 1.50 bits per heavy atom. The molecule has 2 aromatic rings. The van der Waals surface area contributed by atoms with E-state index in [4.69, 9.17) is 5.73 Å². The molecule has 2 fully saturated rings. The number of β-lactam (4-membered cyclic amide) rings is 1. The summed E-state index contributed by atoms with van der Waals surface area (Å²) in [6.07, 6.45) is 0. The Kier molecular flexibility index (Phi) is 6.58. The van der Waals surface area contributed by atoms with Gasteiger partial charge in [0.25, 0.3) is 0 Å². The normalized spacial score (nSPS) is 23.7. The second-order valence-corrected chi connectivity index (χ2v) is 11.0. The highest BCUT2D eigenvalue weighted by Gasteiger charge is 2.64. The minimum atomic E-state index is -1.25. The number of phenols is 2. The zero-order chi connectivity index (χ0) is 26.4. The van der Waals surface area contributed by atoms with Crippen LogP contribution in [0.2, 0.25) is 0 Å². The molecule has 5 atom stereocenters. The van der Waals surface area contributed by atoms with Crippen molar-refractivity contribution in [1.29, 1.82) is 0 Å². The number of aromatic hydroxyl groups is 2. The number of aliphatic carboxylic acids is 1. The van der Waals surface area contributed by atoms with Crippen molar-refractivity contribution in [2.75, 3.05) is 0 Å². The largest absolute Gasteiger partial charge is 0.508 e. The number of fused-ring (bicyclic) bond motifs is 1. The van der Waals surface area contributed by atoms with Gasteiger partial charge in [-0.3, -0.25) is 14.4 Å². The van der Waals surface area contributed by atoms with Crippen molar-refractivity contribution in [3.8, 4) is 11.5 Å². The molecule has 0 unspecified atom stereocenters. The van der Waals surface area contributed by atoms with Crippen molar-refractivity contribution in [3.63, 3.8) is 0 Å². The minimum Gasteiger partial charge on any atom is -0.508 e. The SMILES string of the molecule is CC1(C)S[C@@H]2[C@H](NC(=O)[C@H](NC(=O)[C@H](N)c3ccc(O)cc3)c3ccc(O)cc3)C(=O)N2[C@H]1C(=O)O. The monoisotopic (exact) mass is 514 g/mol. The topological polar surface area (TPSA) is 182 Å². The number of rotatable bonds is 7. The van der Waals surface area contributed by atoms with Crippen LogP contribution in [0.1, 0.15) is 37.1 Å². The molecular weight excluding hydrogens is 488 g/mol. The number of hydrogen-bond acceptors (Lipinski definition) is 8. The molecule has 4 rings (SSSR count). The van der Waals surface area contributed by atoms with Crippen LogP contribution in [0.5, 0.6) is 11.5 Å². The van der Waals surface area contributed by atoms with Crippen LogP contribution in [0.25, 0.3) is 0 Å². The summed E-state index contributed by atoms with van der Waals surface area (Å²) in [7, 11) is 0. The third-order valence-electron chi connectivity index (χ3n) is 6.28. The van der Waals surface area contributed by atoms with E-state index < -0.39 is 58.0 Å². The Hall–Kier alpha value is -3.77. The molecule has 3 amide bonds. The molecule has 12 heteroatoms. The first kappa shape index (κ1) is 25.3. The second-order valence-electron chi connectivity index (χ2n) is 9.19. The van der Waals surface area contributed by atoms with Crippen LogP contribution in [0, 0.1) is 0 Å². The van der Waals surface area contributed by atoms with Gasteiger partial charge >= 0.3 is 5.97 Å². The lowest BCUT2D eigenvalue weighted by Gasteiger charge is -2.44. The van der Waals surface area contributed by atoms with E-state index in [0.29, 0.717) is 11.1 Å². The van der Waals surface area contributed by atoms with Crippen LogP contribution in [0.3, 0.4) is 0 Å². The molecule has 2 aliphatic rings. The number of carboxylic acid groups (broad SMARTS) is 1. The maximum atomic E-state index is 13.3. The van der Waals surface area contributed by atoms with E-state index in [1.807, 2.05) is 0 Å². The molecule has 0 aliphatic carbocycles. The zero-order valence-electron chi connectivity index (χ0n) is 19.4. The molecule has 11 nitrogen and oxygen atoms in total. The fourth-order valence-corrected chi connectivity index (χ4v) is 6.04. The van der Waals surface area contributed by atoms with Crippen LogP contribution in [0.4, 0.5) is 0 Å². The number of phenolic OH excluding ortho intramolecular Hbond substituents is 2. The maximum Gasteiger partial charge on any atom is 0.327 e. The lowest BCUT2D eigenvalue weighted by atomic mass is 9.95. The molecule has 0 spiro atoms. The van der Waals surface area contributed by atoms with Gasteiger partial charge < -0.3 is 36.6 Å². The summed E-state index contributed by atoms with van der Waals surface area (Å²) >= 11 is 1.28. The zero-order valence-corrected chi connectivity index (χ0v) is 20.2. The third-order valence-corrected chi connectivity index (χ3v) is 7.85. The average Bonchev–Trinajstić information content (AvgIpc) is 3.09. The first-order valence-electron chi connectivity index (χ1n) is 11.1. The molecule has 190 valence electrons. The Balaban J connectivity index is 1.54. The van der Waals surface area contributed by atoms with Crippen molar-refractivity contribution < 1.29 is 34.5 Å². The molecule has 2 heterocycles. The van der Waals surface area contributed by atoms with Crippen LogP contribution in [-0.2, 0) is 19.2 Å². The second kappa shape index (κ2) is 9.36. The predicted octanol–water partition coefficient (Wildman–Crippen LogP) is 0.587. The molecule has 0 aromatic heterocycles. The summed E-state index contributed by atoms with van der Waals surface area (Å²) in [5.41, 5.74) is 6.80. The minimum absolute atomic E-state index is 0.00464. The molecule has 2 aromatic carbocycles. The number of thioether (sulfide) groups is 1. The van der Waals surface area contributed by atoms with Gasteiger partial charge in [-0.2, -0.15) is 0 Å². The van der Waals surface area contributed by atoms with Gasteiger partial charge in [-0.25, -0.2) is 4.79 Å². The number of nitrogens with two attached hydrogens (primary N) is 1. The first-order chi connectivity index (χ1) is 16.9. The molecule has 0 radical (unpaired) electrons. The number of carboxylic acids is 1. The lowest BCUT2D eigenvalue weighted by molar-refractivity contribution is -0.161. The number of hydrogen-bond donors (Lipinski definition) is 6. The van der Waals surface area contributed by atoms with Gasteiger partial charge in [-0.1, -0.05) is 24.3 Å². The molecule has 36 heavy (non-hydrogen) atoms. The summed E-state index contributed by atoms with van der Waals surface area (Å²) in [5, 5.41) is 33.4. The number of carbonyl (C=O) groups excluding carboxylic acids is 3. The third kappa shape index (κ3) is 4.56. The number of amides is 3. The average molecular weight is 515 g/mol. The summed E-state index contributed by atoms with van der Waals surface area (Å²) in [4.78, 5) is 52.0. The van der Waals surface area contributed by atoms with Crippen molar-refractivity contribution in [3.05, 3.63) is 59.7 Å². The van der Waals surface area contributed by atoms with Crippen molar-refractivity contribution in [1.82, 2.24) is 15.5 Å². The van der Waals surface area contributed by atoms with Crippen LogP contribution in [-0.4, -0.2) is 66.1 Å². The van der Waals surface area contributed by atoms with E-state index in [-0.39, 0.29) is 11.5 Å². The van der Waals surface area contributed by atoms with Gasteiger partial charge in [0.2, 0.25) is 17.7 Å². The molecule has 2 saturated heterocycles. The van der Waals surface area contributed by atoms with Gasteiger partial charge in [-0.05, 0) is 49.2 Å². The van der Waals surface area contributed by atoms with Crippen LogP contribution >= 0.6 is 11.8 Å². The number of nitrogens with zero attached hydrogens (tertiary/aromatic N) is 1. The quantitative estimate of drug-likeness (QED) is 0.288. The molecule has 0 saturated carbocycles. The fourth-order valence-electron chi connectivity index (χ4n) is 4.41. The maximum absolute atomic E-state index is 13.3. The summed E-state index contributed by atoms with van der Waals surface area (Å²) < 4.78 is -0.757. The van der Waals surface area contributed by atoms with Gasteiger partial charge in [-0.15, -0.1) is 11.8 Å². The fraction of sp³-hybridized carbons (Fsp3) is 0.333. The predicted molar refractivity (Wildman–Crippen MR) is 130 cm³/mol. The number of nitrogens with one attached hydrogen (secondary N) is 2. The van der Waals surface area contributed by atoms with E-state index in [0.717, 1.165) is 0 Å². The van der Waals surface area contributed by atoms with Gasteiger partial charge in [0.1, 0.15) is 41.0 Å². The van der Waals surface area contributed by atoms with E-state index in [1.165, 1.54) is 65.2 Å². The lowest BCUT2D eigenvalue weighted by Crippen LogP contribution is -2.71. The van der Waals surface area contributed by atoms with Crippen LogP contribution in [0.15, 0.2) is 48.5 Å². The molecule has 0 bridgehead atoms. The molecule has 7 N–H and O–H groups in total. The van der Waals surface area contributed by atoms with E-state index in [2.05, 4.69) is 10.6 Å². The van der Waals surface area contributed by atoms with E-state index in [9.17, 15) is 34.5 Å². The first-order valence-corrected chi connectivity index (χ1v) is 12.0. The summed E-state index contributed by atoms with van der Waals surface area (Å²) in [6.45, 7) is 3.45. The molecular formula is C24H26N4O7S. The Labute approximate surface area is 210 Å².